The van der Waals surface area contributed by atoms with Crippen LogP contribution in [0, 0.1) is 11.3 Å². The van der Waals surface area contributed by atoms with Crippen molar-refractivity contribution in [1.29, 1.82) is 5.26 Å². The molecule has 0 N–H and O–H groups in total. The number of benzene rings is 1. The highest BCUT2D eigenvalue weighted by atomic mass is 16.5. The van der Waals surface area contributed by atoms with Crippen LogP contribution in [0.5, 0.6) is 11.5 Å². The Hall–Kier alpha value is -2.87. The molecule has 0 aliphatic carbocycles. The number of Topliss-reactive ketones (excluding diaryl/α,β-unsaturated/α-hetero) is 1. The molecule has 5 nitrogen and oxygen atoms in total. The Morgan fingerprint density at radius 1 is 1.19 bits per heavy atom. The van der Waals surface area contributed by atoms with E-state index < -0.39 is 5.92 Å². The lowest BCUT2D eigenvalue weighted by Crippen LogP contribution is -2.12. The van der Waals surface area contributed by atoms with Crippen LogP contribution in [0.15, 0.2) is 42.6 Å². The number of carbonyl (C=O) groups excluding carboxylic acids is 1. The second-order valence-corrected chi connectivity index (χ2v) is 4.25. The summed E-state index contributed by atoms with van der Waals surface area (Å²) in [7, 11) is 3.01. The van der Waals surface area contributed by atoms with Crippen molar-refractivity contribution in [3.05, 3.63) is 53.9 Å². The fraction of sp³-hybridized carbons (Fsp3) is 0.188. The van der Waals surface area contributed by atoms with E-state index in [1.165, 1.54) is 14.2 Å². The molecule has 0 amide bonds. The molecular weight excluding hydrogens is 268 g/mol. The first kappa shape index (κ1) is 14.5. The van der Waals surface area contributed by atoms with Gasteiger partial charge in [-0.1, -0.05) is 6.07 Å². The molecular formula is C16H14N2O3. The molecule has 106 valence electrons. The topological polar surface area (TPSA) is 72.2 Å². The van der Waals surface area contributed by atoms with Gasteiger partial charge in [-0.25, -0.2) is 0 Å². The fourth-order valence-corrected chi connectivity index (χ4v) is 1.96. The number of nitriles is 1. The zero-order valence-corrected chi connectivity index (χ0v) is 11.7. The summed E-state index contributed by atoms with van der Waals surface area (Å²) in [6.07, 6.45) is 1.56. The van der Waals surface area contributed by atoms with Crippen LogP contribution >= 0.6 is 0 Å². The predicted molar refractivity (Wildman–Crippen MR) is 76.5 cm³/mol. The van der Waals surface area contributed by atoms with Crippen molar-refractivity contribution in [2.45, 2.75) is 5.92 Å². The number of nitrogens with zero attached hydrogens (tertiary/aromatic N) is 2. The first-order valence-electron chi connectivity index (χ1n) is 6.28. The van der Waals surface area contributed by atoms with Crippen molar-refractivity contribution < 1.29 is 14.3 Å². The third-order valence-corrected chi connectivity index (χ3v) is 3.04. The van der Waals surface area contributed by atoms with Crippen molar-refractivity contribution >= 4 is 5.78 Å². The summed E-state index contributed by atoms with van der Waals surface area (Å²) < 4.78 is 10.3. The van der Waals surface area contributed by atoms with Crippen LogP contribution in [0.25, 0.3) is 0 Å². The largest absolute Gasteiger partial charge is 0.493 e. The highest BCUT2D eigenvalue weighted by Crippen LogP contribution is 2.29. The zero-order valence-electron chi connectivity index (χ0n) is 11.7. The van der Waals surface area contributed by atoms with E-state index in [0.29, 0.717) is 22.8 Å². The summed E-state index contributed by atoms with van der Waals surface area (Å²) in [6.45, 7) is 0. The molecule has 2 rings (SSSR count). The Morgan fingerprint density at radius 3 is 2.52 bits per heavy atom. The summed E-state index contributed by atoms with van der Waals surface area (Å²) in [4.78, 5) is 16.6. The second kappa shape index (κ2) is 6.53. The van der Waals surface area contributed by atoms with E-state index in [-0.39, 0.29) is 5.78 Å². The van der Waals surface area contributed by atoms with Crippen LogP contribution in [-0.4, -0.2) is 25.0 Å². The van der Waals surface area contributed by atoms with Gasteiger partial charge in [-0.15, -0.1) is 0 Å². The van der Waals surface area contributed by atoms with Gasteiger partial charge < -0.3 is 9.47 Å². The van der Waals surface area contributed by atoms with Crippen molar-refractivity contribution in [1.82, 2.24) is 4.98 Å². The number of hydrogen-bond donors (Lipinski definition) is 0. The molecule has 0 aliphatic heterocycles. The summed E-state index contributed by atoms with van der Waals surface area (Å²) in [5.41, 5.74) is 0.810. The van der Waals surface area contributed by atoms with Crippen molar-refractivity contribution in [2.24, 2.45) is 0 Å². The number of rotatable bonds is 5. The Labute approximate surface area is 122 Å². The van der Waals surface area contributed by atoms with E-state index in [9.17, 15) is 10.1 Å². The molecule has 1 unspecified atom stereocenters. The summed E-state index contributed by atoms with van der Waals surface area (Å²) >= 11 is 0. The zero-order chi connectivity index (χ0) is 15.2. The van der Waals surface area contributed by atoms with Crippen LogP contribution in [0.2, 0.25) is 0 Å². The van der Waals surface area contributed by atoms with Gasteiger partial charge in [0.05, 0.1) is 26.0 Å². The highest BCUT2D eigenvalue weighted by molar-refractivity contribution is 6.02. The number of aromatic nitrogens is 1. The normalized spacial score (nSPS) is 11.3. The average molecular weight is 282 g/mol. The second-order valence-electron chi connectivity index (χ2n) is 4.25. The Balaban J connectivity index is 2.37. The molecule has 0 fully saturated rings. The van der Waals surface area contributed by atoms with Crippen LogP contribution in [-0.2, 0) is 0 Å². The molecule has 0 spiro atoms. The van der Waals surface area contributed by atoms with Crippen molar-refractivity contribution in [3.63, 3.8) is 0 Å². The van der Waals surface area contributed by atoms with E-state index in [0.717, 1.165) is 0 Å². The highest BCUT2D eigenvalue weighted by Gasteiger charge is 2.23. The molecule has 0 radical (unpaired) electrons. The van der Waals surface area contributed by atoms with E-state index >= 15 is 0 Å². The van der Waals surface area contributed by atoms with E-state index in [1.807, 2.05) is 6.07 Å². The molecule has 0 bridgehead atoms. The third-order valence-electron chi connectivity index (χ3n) is 3.04. The Kier molecular flexibility index (Phi) is 4.52. The lowest BCUT2D eigenvalue weighted by atomic mass is 9.95. The number of ether oxygens (including phenoxy) is 2. The van der Waals surface area contributed by atoms with E-state index in [1.54, 1.807) is 42.6 Å². The van der Waals surface area contributed by atoms with Gasteiger partial charge in [0.2, 0.25) is 0 Å². The van der Waals surface area contributed by atoms with Gasteiger partial charge in [-0.3, -0.25) is 9.78 Å². The monoisotopic (exact) mass is 282 g/mol. The fourth-order valence-electron chi connectivity index (χ4n) is 1.96. The van der Waals surface area contributed by atoms with Gasteiger partial charge in [0.25, 0.3) is 0 Å². The van der Waals surface area contributed by atoms with Gasteiger partial charge in [-0.2, -0.15) is 5.26 Å². The predicted octanol–water partition coefficient (Wildman–Crippen LogP) is 2.59. The molecule has 0 saturated carbocycles. The van der Waals surface area contributed by atoms with Crippen molar-refractivity contribution in [2.75, 3.05) is 14.2 Å². The quantitative estimate of drug-likeness (QED) is 0.788. The molecule has 1 atom stereocenters. The first-order valence-corrected chi connectivity index (χ1v) is 6.28. The van der Waals surface area contributed by atoms with Gasteiger partial charge in [0, 0.05) is 11.8 Å². The average Bonchev–Trinajstić information content (AvgIpc) is 2.55. The molecule has 1 heterocycles. The molecule has 2 aromatic rings. The molecule has 1 aromatic heterocycles. The minimum Gasteiger partial charge on any atom is -0.493 e. The van der Waals surface area contributed by atoms with Crippen molar-refractivity contribution in [3.8, 4) is 17.6 Å². The maximum absolute atomic E-state index is 12.5. The SMILES string of the molecule is COc1ccc(C(=O)C(C#N)c2ccccn2)cc1OC. The lowest BCUT2D eigenvalue weighted by Gasteiger charge is -2.11. The van der Waals surface area contributed by atoms with Crippen LogP contribution in [0.1, 0.15) is 22.0 Å². The minimum atomic E-state index is -0.940. The summed E-state index contributed by atoms with van der Waals surface area (Å²) in [6, 6.07) is 11.9. The number of carbonyl (C=O) groups is 1. The standard InChI is InChI=1S/C16H14N2O3/c1-20-14-7-6-11(9-15(14)21-2)16(19)12(10-17)13-5-3-4-8-18-13/h3-9,12H,1-2H3. The molecule has 0 aliphatic rings. The maximum atomic E-state index is 12.5. The van der Waals surface area contributed by atoms with Gasteiger partial charge in [0.1, 0.15) is 0 Å². The number of hydrogen-bond acceptors (Lipinski definition) is 5. The number of pyridine rings is 1. The Bertz CT molecular complexity index is 678. The molecule has 1 aromatic carbocycles. The molecule has 0 saturated heterocycles. The smallest absolute Gasteiger partial charge is 0.186 e. The number of ketones is 1. The van der Waals surface area contributed by atoms with Crippen LogP contribution in [0.3, 0.4) is 0 Å². The lowest BCUT2D eigenvalue weighted by molar-refractivity contribution is 0.0977. The van der Waals surface area contributed by atoms with E-state index in [4.69, 9.17) is 9.47 Å². The third kappa shape index (κ3) is 3.00. The molecule has 21 heavy (non-hydrogen) atoms. The number of methoxy groups -OCH3 is 2. The Morgan fingerprint density at radius 2 is 1.95 bits per heavy atom. The maximum Gasteiger partial charge on any atom is 0.186 e. The van der Waals surface area contributed by atoms with Crippen LogP contribution in [0.4, 0.5) is 0 Å². The summed E-state index contributed by atoms with van der Waals surface area (Å²) in [5.74, 6) is -0.289. The van der Waals surface area contributed by atoms with Gasteiger partial charge in [0.15, 0.2) is 23.2 Å². The van der Waals surface area contributed by atoms with E-state index in [2.05, 4.69) is 4.98 Å². The van der Waals surface area contributed by atoms with Gasteiger partial charge in [-0.05, 0) is 30.3 Å². The first-order chi connectivity index (χ1) is 10.2. The summed E-state index contributed by atoms with van der Waals surface area (Å²) in [5, 5.41) is 9.27. The van der Waals surface area contributed by atoms with Gasteiger partial charge >= 0.3 is 0 Å². The minimum absolute atomic E-state index is 0.322. The van der Waals surface area contributed by atoms with Crippen LogP contribution < -0.4 is 9.47 Å². The molecule has 5 heteroatoms.